The minimum atomic E-state index is -0.152. The van der Waals surface area contributed by atoms with E-state index in [2.05, 4.69) is 19.2 Å². The summed E-state index contributed by atoms with van der Waals surface area (Å²) in [5.41, 5.74) is 0. The molecule has 1 fully saturated rings. The summed E-state index contributed by atoms with van der Waals surface area (Å²) in [6.07, 6.45) is 4.54. The quantitative estimate of drug-likeness (QED) is 0.801. The number of carbonyl (C=O) groups is 1. The number of nitrogens with zero attached hydrogens (tertiary/aromatic N) is 1. The molecule has 1 rings (SSSR count). The lowest BCUT2D eigenvalue weighted by Crippen LogP contribution is -2.48. The number of urea groups is 1. The van der Waals surface area contributed by atoms with Gasteiger partial charge in [0.2, 0.25) is 0 Å². The molecule has 0 aromatic rings. The van der Waals surface area contributed by atoms with Crippen LogP contribution in [0.1, 0.15) is 46.5 Å². The second-order valence-electron chi connectivity index (χ2n) is 5.75. The lowest BCUT2D eigenvalue weighted by atomic mass is 9.93. The zero-order chi connectivity index (χ0) is 14.4. The molecule has 2 N–H and O–H groups in total. The van der Waals surface area contributed by atoms with Crippen molar-refractivity contribution in [1.29, 1.82) is 0 Å². The van der Waals surface area contributed by atoms with E-state index in [0.29, 0.717) is 6.10 Å². The molecule has 0 aromatic heterocycles. The highest BCUT2D eigenvalue weighted by Crippen LogP contribution is 2.22. The summed E-state index contributed by atoms with van der Waals surface area (Å²) in [5, 5.41) is 12.1. The smallest absolute Gasteiger partial charge is 0.317 e. The molecule has 2 amide bonds. The van der Waals surface area contributed by atoms with Crippen LogP contribution in [0.3, 0.4) is 0 Å². The van der Waals surface area contributed by atoms with Gasteiger partial charge in [-0.2, -0.15) is 0 Å². The van der Waals surface area contributed by atoms with Crippen LogP contribution in [-0.2, 0) is 4.74 Å². The van der Waals surface area contributed by atoms with Crippen molar-refractivity contribution in [1.82, 2.24) is 10.2 Å². The van der Waals surface area contributed by atoms with Crippen molar-refractivity contribution in [2.75, 3.05) is 13.7 Å². The molecular weight excluding hydrogens is 244 g/mol. The average molecular weight is 272 g/mol. The zero-order valence-electron chi connectivity index (χ0n) is 12.6. The van der Waals surface area contributed by atoms with E-state index in [-0.39, 0.29) is 30.8 Å². The SMILES string of the molecule is CC(C)OC1CCC(NC(=O)N(C)C(C)CO)CC1. The van der Waals surface area contributed by atoms with Crippen LogP contribution in [0.25, 0.3) is 0 Å². The van der Waals surface area contributed by atoms with Crippen LogP contribution in [-0.4, -0.2) is 54.0 Å². The van der Waals surface area contributed by atoms with Crippen molar-refractivity contribution in [2.45, 2.75) is 70.7 Å². The molecule has 5 heteroatoms. The topological polar surface area (TPSA) is 61.8 Å². The summed E-state index contributed by atoms with van der Waals surface area (Å²) >= 11 is 0. The molecule has 0 saturated heterocycles. The molecule has 1 aliphatic rings. The third-order valence-electron chi connectivity index (χ3n) is 3.71. The Labute approximate surface area is 116 Å². The van der Waals surface area contributed by atoms with Gasteiger partial charge >= 0.3 is 6.03 Å². The molecule has 0 aliphatic heterocycles. The largest absolute Gasteiger partial charge is 0.394 e. The van der Waals surface area contributed by atoms with E-state index in [0.717, 1.165) is 25.7 Å². The molecule has 1 unspecified atom stereocenters. The third-order valence-corrected chi connectivity index (χ3v) is 3.71. The fourth-order valence-corrected chi connectivity index (χ4v) is 2.33. The van der Waals surface area contributed by atoms with Crippen LogP contribution in [0.4, 0.5) is 4.79 Å². The third kappa shape index (κ3) is 5.37. The van der Waals surface area contributed by atoms with E-state index in [1.807, 2.05) is 6.92 Å². The van der Waals surface area contributed by atoms with Crippen LogP contribution in [0.5, 0.6) is 0 Å². The molecule has 1 aliphatic carbocycles. The Morgan fingerprint density at radius 3 is 2.37 bits per heavy atom. The van der Waals surface area contributed by atoms with Crippen molar-refractivity contribution in [3.8, 4) is 0 Å². The summed E-state index contributed by atoms with van der Waals surface area (Å²) < 4.78 is 5.79. The number of hydrogen-bond donors (Lipinski definition) is 2. The van der Waals surface area contributed by atoms with Crippen LogP contribution < -0.4 is 5.32 Å². The first-order valence-electron chi connectivity index (χ1n) is 7.23. The summed E-state index contributed by atoms with van der Waals surface area (Å²) in [7, 11) is 1.71. The Kier molecular flexibility index (Phi) is 6.58. The maximum absolute atomic E-state index is 11.9. The molecule has 0 bridgehead atoms. The molecule has 112 valence electrons. The Morgan fingerprint density at radius 1 is 1.32 bits per heavy atom. The van der Waals surface area contributed by atoms with E-state index >= 15 is 0 Å². The monoisotopic (exact) mass is 272 g/mol. The zero-order valence-corrected chi connectivity index (χ0v) is 12.6. The van der Waals surface area contributed by atoms with Gasteiger partial charge in [-0.3, -0.25) is 0 Å². The van der Waals surface area contributed by atoms with E-state index in [1.54, 1.807) is 11.9 Å². The van der Waals surface area contributed by atoms with Gasteiger partial charge in [-0.25, -0.2) is 4.79 Å². The van der Waals surface area contributed by atoms with Crippen molar-refractivity contribution in [2.24, 2.45) is 0 Å². The maximum atomic E-state index is 11.9. The molecular formula is C14H28N2O3. The van der Waals surface area contributed by atoms with Gasteiger partial charge in [0, 0.05) is 13.1 Å². The first kappa shape index (κ1) is 16.2. The highest BCUT2D eigenvalue weighted by atomic mass is 16.5. The van der Waals surface area contributed by atoms with Gasteiger partial charge in [-0.05, 0) is 46.5 Å². The fourth-order valence-electron chi connectivity index (χ4n) is 2.33. The van der Waals surface area contributed by atoms with Gasteiger partial charge in [0.25, 0.3) is 0 Å². The van der Waals surface area contributed by atoms with Gasteiger partial charge < -0.3 is 20.1 Å². The molecule has 19 heavy (non-hydrogen) atoms. The van der Waals surface area contributed by atoms with Gasteiger partial charge in [0.1, 0.15) is 0 Å². The molecule has 1 saturated carbocycles. The molecule has 0 radical (unpaired) electrons. The van der Waals surface area contributed by atoms with Gasteiger partial charge in [0.05, 0.1) is 24.9 Å². The maximum Gasteiger partial charge on any atom is 0.317 e. The molecule has 0 spiro atoms. The number of ether oxygens (including phenoxy) is 1. The summed E-state index contributed by atoms with van der Waals surface area (Å²) in [4.78, 5) is 13.5. The van der Waals surface area contributed by atoms with Crippen LogP contribution in [0.15, 0.2) is 0 Å². The van der Waals surface area contributed by atoms with Crippen molar-refractivity contribution in [3.05, 3.63) is 0 Å². The first-order valence-corrected chi connectivity index (χ1v) is 7.23. The Bertz CT molecular complexity index is 276. The summed E-state index contributed by atoms with van der Waals surface area (Å²) in [6, 6.07) is -0.0248. The predicted octanol–water partition coefficient (Wildman–Crippen LogP) is 1.74. The minimum absolute atomic E-state index is 0.0150. The first-order chi connectivity index (χ1) is 8.93. The number of aliphatic hydroxyl groups excluding tert-OH is 1. The summed E-state index contributed by atoms with van der Waals surface area (Å²) in [6.45, 7) is 5.92. The van der Waals surface area contributed by atoms with Crippen LogP contribution in [0, 0.1) is 0 Å². The van der Waals surface area contributed by atoms with Gasteiger partial charge in [-0.1, -0.05) is 0 Å². The van der Waals surface area contributed by atoms with E-state index in [4.69, 9.17) is 9.84 Å². The number of likely N-dealkylation sites (N-methyl/N-ethyl adjacent to an activating group) is 1. The predicted molar refractivity (Wildman–Crippen MR) is 75.1 cm³/mol. The lowest BCUT2D eigenvalue weighted by Gasteiger charge is -2.32. The van der Waals surface area contributed by atoms with E-state index in [1.165, 1.54) is 0 Å². The highest BCUT2D eigenvalue weighted by molar-refractivity contribution is 5.74. The van der Waals surface area contributed by atoms with Crippen molar-refractivity contribution in [3.63, 3.8) is 0 Å². The Morgan fingerprint density at radius 2 is 1.89 bits per heavy atom. The van der Waals surface area contributed by atoms with Crippen LogP contribution in [0.2, 0.25) is 0 Å². The normalized spacial score (nSPS) is 25.2. The highest BCUT2D eigenvalue weighted by Gasteiger charge is 2.25. The number of aliphatic hydroxyl groups is 1. The number of nitrogens with one attached hydrogen (secondary N) is 1. The van der Waals surface area contributed by atoms with E-state index < -0.39 is 0 Å². The molecule has 5 nitrogen and oxygen atoms in total. The second-order valence-corrected chi connectivity index (χ2v) is 5.75. The average Bonchev–Trinajstić information content (AvgIpc) is 2.38. The van der Waals surface area contributed by atoms with Crippen molar-refractivity contribution >= 4 is 6.03 Å². The number of rotatable bonds is 5. The molecule has 0 aromatic carbocycles. The number of amides is 2. The summed E-state index contributed by atoms with van der Waals surface area (Å²) in [5.74, 6) is 0. The number of hydrogen-bond acceptors (Lipinski definition) is 3. The fraction of sp³-hybridized carbons (Fsp3) is 0.929. The van der Waals surface area contributed by atoms with Gasteiger partial charge in [0.15, 0.2) is 0 Å². The second kappa shape index (κ2) is 7.70. The minimum Gasteiger partial charge on any atom is -0.394 e. The molecule has 1 atom stereocenters. The van der Waals surface area contributed by atoms with Gasteiger partial charge in [-0.15, -0.1) is 0 Å². The lowest BCUT2D eigenvalue weighted by molar-refractivity contribution is -0.0158. The van der Waals surface area contributed by atoms with E-state index in [9.17, 15) is 4.79 Å². The number of carbonyl (C=O) groups excluding carboxylic acids is 1. The molecule has 0 heterocycles. The van der Waals surface area contributed by atoms with Crippen LogP contribution >= 0.6 is 0 Å². The Balaban J connectivity index is 2.30. The Hall–Kier alpha value is -0.810. The van der Waals surface area contributed by atoms with Crippen molar-refractivity contribution < 1.29 is 14.6 Å². The standard InChI is InChI=1S/C14H28N2O3/c1-10(2)19-13-7-5-12(6-8-13)15-14(18)16(4)11(3)9-17/h10-13,17H,5-9H2,1-4H3,(H,15,18).